The van der Waals surface area contributed by atoms with Crippen molar-refractivity contribution in [3.8, 4) is 0 Å². The number of carboxylic acids is 2. The summed E-state index contributed by atoms with van der Waals surface area (Å²) in [6.45, 7) is 2.33. The van der Waals surface area contributed by atoms with Crippen LogP contribution < -0.4 is 5.32 Å². The summed E-state index contributed by atoms with van der Waals surface area (Å²) in [4.78, 5) is 59.0. The van der Waals surface area contributed by atoms with Gasteiger partial charge >= 0.3 is 11.9 Å². The van der Waals surface area contributed by atoms with Gasteiger partial charge in [0, 0.05) is 44.6 Å². The Morgan fingerprint density at radius 2 is 1.09 bits per heavy atom. The standard InChI is InChI=1S/C37H65NO7/c1-2-38-35(41)28-26-32(37(44)45)29-34(40)31-24-21-30(22-25-31)23-27-33(39)19-17-15-13-11-9-7-5-3-4-6-8-10-12-14-16-18-20-36(42)43/h30-32H,2-29H2,1H3,(H,38,41)(H,42,43)(H,44,45)/t30?,31?,32-/m1/s1. The maximum absolute atomic E-state index is 12.8. The first-order chi connectivity index (χ1) is 21.7. The van der Waals surface area contributed by atoms with Crippen molar-refractivity contribution in [1.82, 2.24) is 5.32 Å². The predicted octanol–water partition coefficient (Wildman–Crippen LogP) is 8.82. The van der Waals surface area contributed by atoms with E-state index in [4.69, 9.17) is 5.11 Å². The van der Waals surface area contributed by atoms with E-state index in [2.05, 4.69) is 5.32 Å². The summed E-state index contributed by atoms with van der Waals surface area (Å²) in [6.07, 6.45) is 25.6. The Bertz CT molecular complexity index is 835. The fourth-order valence-corrected chi connectivity index (χ4v) is 6.65. The first-order valence-electron chi connectivity index (χ1n) is 18.5. The summed E-state index contributed by atoms with van der Waals surface area (Å²) in [5.41, 5.74) is 0. The van der Waals surface area contributed by atoms with Crippen LogP contribution in [0.15, 0.2) is 0 Å². The molecule has 0 saturated heterocycles. The maximum Gasteiger partial charge on any atom is 0.306 e. The normalized spacial score (nSPS) is 17.1. The Morgan fingerprint density at radius 1 is 0.622 bits per heavy atom. The van der Waals surface area contributed by atoms with Crippen LogP contribution in [0.1, 0.15) is 180 Å². The molecular weight excluding hydrogens is 570 g/mol. The van der Waals surface area contributed by atoms with Gasteiger partial charge in [-0.1, -0.05) is 89.9 Å². The number of nitrogens with one attached hydrogen (secondary N) is 1. The molecule has 8 nitrogen and oxygen atoms in total. The lowest BCUT2D eigenvalue weighted by molar-refractivity contribution is -0.145. The molecule has 0 heterocycles. The summed E-state index contributed by atoms with van der Waals surface area (Å²) >= 11 is 0. The molecule has 0 bridgehead atoms. The number of hydrogen-bond donors (Lipinski definition) is 3. The summed E-state index contributed by atoms with van der Waals surface area (Å²) < 4.78 is 0. The molecule has 0 spiro atoms. The molecule has 1 saturated carbocycles. The van der Waals surface area contributed by atoms with Crippen LogP contribution in [-0.2, 0) is 24.0 Å². The molecule has 0 aliphatic heterocycles. The molecule has 1 atom stereocenters. The number of carbonyl (C=O) groups is 5. The fraction of sp³-hybridized carbons (Fsp3) is 0.865. The molecule has 1 aliphatic carbocycles. The Labute approximate surface area is 273 Å². The van der Waals surface area contributed by atoms with Crippen molar-refractivity contribution in [2.24, 2.45) is 17.8 Å². The van der Waals surface area contributed by atoms with E-state index in [9.17, 15) is 29.1 Å². The van der Waals surface area contributed by atoms with Crippen LogP contribution in [0.3, 0.4) is 0 Å². The fourth-order valence-electron chi connectivity index (χ4n) is 6.65. The van der Waals surface area contributed by atoms with Gasteiger partial charge in [-0.05, 0) is 64.2 Å². The van der Waals surface area contributed by atoms with Crippen LogP contribution in [0.5, 0.6) is 0 Å². The van der Waals surface area contributed by atoms with E-state index in [0.717, 1.165) is 64.2 Å². The van der Waals surface area contributed by atoms with Crippen LogP contribution in [0.25, 0.3) is 0 Å². The zero-order valence-corrected chi connectivity index (χ0v) is 28.5. The van der Waals surface area contributed by atoms with Crippen molar-refractivity contribution in [3.63, 3.8) is 0 Å². The van der Waals surface area contributed by atoms with Crippen molar-refractivity contribution >= 4 is 29.4 Å². The zero-order valence-electron chi connectivity index (χ0n) is 28.5. The highest BCUT2D eigenvalue weighted by Crippen LogP contribution is 2.33. The Balaban J connectivity index is 1.96. The molecule has 260 valence electrons. The number of ketones is 2. The number of unbranched alkanes of at least 4 members (excludes halogenated alkanes) is 15. The molecule has 0 aromatic carbocycles. The van der Waals surface area contributed by atoms with Crippen LogP contribution in [-0.4, -0.2) is 46.2 Å². The molecule has 0 aromatic rings. The second-order valence-electron chi connectivity index (χ2n) is 13.5. The van der Waals surface area contributed by atoms with E-state index in [1.807, 2.05) is 6.92 Å². The number of carbonyl (C=O) groups excluding carboxylic acids is 3. The van der Waals surface area contributed by atoms with E-state index in [-0.39, 0.29) is 36.9 Å². The molecule has 1 aliphatic rings. The van der Waals surface area contributed by atoms with Crippen molar-refractivity contribution in [1.29, 1.82) is 0 Å². The third-order valence-electron chi connectivity index (χ3n) is 9.62. The Morgan fingerprint density at radius 3 is 1.53 bits per heavy atom. The third-order valence-corrected chi connectivity index (χ3v) is 9.62. The molecular formula is C37H65NO7. The van der Waals surface area contributed by atoms with E-state index in [1.54, 1.807) is 0 Å². The number of rotatable bonds is 30. The van der Waals surface area contributed by atoms with Crippen molar-refractivity contribution in [2.75, 3.05) is 6.54 Å². The highest BCUT2D eigenvalue weighted by atomic mass is 16.4. The molecule has 1 rings (SSSR count). The average Bonchev–Trinajstić information content (AvgIpc) is 3.01. The minimum Gasteiger partial charge on any atom is -0.481 e. The lowest BCUT2D eigenvalue weighted by Crippen LogP contribution is -2.28. The van der Waals surface area contributed by atoms with Gasteiger partial charge in [-0.25, -0.2) is 0 Å². The second-order valence-corrected chi connectivity index (χ2v) is 13.5. The summed E-state index contributed by atoms with van der Waals surface area (Å²) in [6, 6.07) is 0. The quantitative estimate of drug-likeness (QED) is 0.0670. The summed E-state index contributed by atoms with van der Waals surface area (Å²) in [7, 11) is 0. The van der Waals surface area contributed by atoms with Crippen LogP contribution >= 0.6 is 0 Å². The van der Waals surface area contributed by atoms with E-state index >= 15 is 0 Å². The molecule has 0 aromatic heterocycles. The van der Waals surface area contributed by atoms with Gasteiger partial charge in [0.15, 0.2) is 0 Å². The van der Waals surface area contributed by atoms with Gasteiger partial charge in [0.05, 0.1) is 5.92 Å². The van der Waals surface area contributed by atoms with Gasteiger partial charge < -0.3 is 15.5 Å². The highest BCUT2D eigenvalue weighted by Gasteiger charge is 2.30. The van der Waals surface area contributed by atoms with E-state index in [0.29, 0.717) is 37.5 Å². The minimum atomic E-state index is -1.01. The lowest BCUT2D eigenvalue weighted by Gasteiger charge is -2.28. The Kier molecular flexibility index (Phi) is 24.4. The lowest BCUT2D eigenvalue weighted by atomic mass is 9.76. The first kappa shape index (κ1) is 40.8. The average molecular weight is 636 g/mol. The van der Waals surface area contributed by atoms with Gasteiger partial charge in [-0.2, -0.15) is 0 Å². The monoisotopic (exact) mass is 635 g/mol. The molecule has 0 unspecified atom stereocenters. The molecule has 0 radical (unpaired) electrons. The molecule has 1 fully saturated rings. The zero-order chi connectivity index (χ0) is 33.1. The van der Waals surface area contributed by atoms with Gasteiger partial charge in [0.1, 0.15) is 11.6 Å². The Hall–Kier alpha value is -2.25. The topological polar surface area (TPSA) is 138 Å². The number of Topliss-reactive ketones (excluding diaryl/α,β-unsaturated/α-hetero) is 2. The van der Waals surface area contributed by atoms with Crippen molar-refractivity contribution < 1.29 is 34.2 Å². The van der Waals surface area contributed by atoms with Crippen molar-refractivity contribution in [3.05, 3.63) is 0 Å². The van der Waals surface area contributed by atoms with Gasteiger partial charge in [0.25, 0.3) is 0 Å². The van der Waals surface area contributed by atoms with Crippen molar-refractivity contribution in [2.45, 2.75) is 180 Å². The van der Waals surface area contributed by atoms with Crippen LogP contribution in [0.4, 0.5) is 0 Å². The predicted molar refractivity (Wildman–Crippen MR) is 179 cm³/mol. The molecule has 8 heteroatoms. The van der Waals surface area contributed by atoms with Gasteiger partial charge in [-0.15, -0.1) is 0 Å². The van der Waals surface area contributed by atoms with E-state index < -0.39 is 17.9 Å². The van der Waals surface area contributed by atoms with Crippen LogP contribution in [0, 0.1) is 17.8 Å². The van der Waals surface area contributed by atoms with E-state index in [1.165, 1.54) is 70.6 Å². The number of carboxylic acid groups (broad SMARTS) is 2. The maximum atomic E-state index is 12.8. The number of aliphatic carboxylic acids is 2. The highest BCUT2D eigenvalue weighted by molar-refractivity contribution is 5.86. The SMILES string of the molecule is CCNC(=O)CC[C@H](CC(=O)C1CCC(CCC(=O)CCCCCCCCCCCCCCCCCCC(=O)O)CC1)C(=O)O. The smallest absolute Gasteiger partial charge is 0.306 e. The first-order valence-corrected chi connectivity index (χ1v) is 18.5. The third kappa shape index (κ3) is 22.8. The summed E-state index contributed by atoms with van der Waals surface area (Å²) in [5, 5.41) is 20.8. The molecule has 1 amide bonds. The number of hydrogen-bond acceptors (Lipinski definition) is 5. The van der Waals surface area contributed by atoms with Crippen LogP contribution in [0.2, 0.25) is 0 Å². The van der Waals surface area contributed by atoms with Gasteiger partial charge in [0.2, 0.25) is 5.91 Å². The number of amides is 1. The van der Waals surface area contributed by atoms with Gasteiger partial charge in [-0.3, -0.25) is 24.0 Å². The summed E-state index contributed by atoms with van der Waals surface area (Å²) in [5.74, 6) is -1.90. The minimum absolute atomic E-state index is 0.00432. The largest absolute Gasteiger partial charge is 0.481 e. The molecule has 45 heavy (non-hydrogen) atoms. The second kappa shape index (κ2) is 26.9. The molecule has 3 N–H and O–H groups in total.